The molecule has 0 spiro atoms. The van der Waals surface area contributed by atoms with Crippen molar-refractivity contribution in [2.45, 2.75) is 39.4 Å². The summed E-state index contributed by atoms with van der Waals surface area (Å²) in [7, 11) is 0. The molecule has 3 aromatic rings. The molecule has 1 fully saturated rings. The van der Waals surface area contributed by atoms with Crippen molar-refractivity contribution in [1.29, 1.82) is 0 Å². The highest BCUT2D eigenvalue weighted by Gasteiger charge is 2.15. The molecule has 1 aromatic heterocycles. The van der Waals surface area contributed by atoms with Gasteiger partial charge in [0.05, 0.1) is 24.6 Å². The van der Waals surface area contributed by atoms with E-state index in [2.05, 4.69) is 35.6 Å². The van der Waals surface area contributed by atoms with Gasteiger partial charge < -0.3 is 14.4 Å². The maximum atomic E-state index is 12.5. The minimum Gasteiger partial charge on any atom is -0.435 e. The first-order valence-electron chi connectivity index (χ1n) is 11.8. The fourth-order valence-corrected chi connectivity index (χ4v) is 4.82. The van der Waals surface area contributed by atoms with Crippen LogP contribution in [-0.2, 0) is 4.74 Å². The van der Waals surface area contributed by atoms with Crippen LogP contribution in [-0.4, -0.2) is 49.8 Å². The molecule has 1 aliphatic heterocycles. The van der Waals surface area contributed by atoms with Crippen molar-refractivity contribution in [2.75, 3.05) is 31.1 Å². The Balaban J connectivity index is 1.63. The topological polar surface area (TPSA) is 51.4 Å². The zero-order chi connectivity index (χ0) is 24.6. The summed E-state index contributed by atoms with van der Waals surface area (Å²) in [4.78, 5) is 7.81. The van der Waals surface area contributed by atoms with Crippen LogP contribution in [0.2, 0.25) is 0 Å². The summed E-state index contributed by atoms with van der Waals surface area (Å²) in [6.45, 7) is 4.69. The van der Waals surface area contributed by atoms with E-state index in [1.807, 2.05) is 23.7 Å². The zero-order valence-corrected chi connectivity index (χ0v) is 20.8. The Morgan fingerprint density at radius 2 is 1.89 bits per heavy atom. The average molecular weight is 501 g/mol. The van der Waals surface area contributed by atoms with Gasteiger partial charge in [-0.1, -0.05) is 12.1 Å². The average Bonchev–Trinajstić information content (AvgIpc) is 3.53. The normalized spacial score (nSPS) is 16.5. The van der Waals surface area contributed by atoms with Crippen molar-refractivity contribution >= 4 is 23.2 Å². The van der Waals surface area contributed by atoms with Gasteiger partial charge >= 0.3 is 6.61 Å². The van der Waals surface area contributed by atoms with Crippen LogP contribution in [0.3, 0.4) is 0 Å². The molecule has 0 saturated carbocycles. The van der Waals surface area contributed by atoms with Crippen molar-refractivity contribution in [3.8, 4) is 17.0 Å². The van der Waals surface area contributed by atoms with Gasteiger partial charge in [0.25, 0.3) is 0 Å². The van der Waals surface area contributed by atoms with Crippen LogP contribution < -0.4 is 14.4 Å². The van der Waals surface area contributed by atoms with Gasteiger partial charge in [0.1, 0.15) is 5.75 Å². The van der Waals surface area contributed by atoms with Crippen molar-refractivity contribution < 1.29 is 18.3 Å². The number of thiazole rings is 1. The highest BCUT2D eigenvalue weighted by atomic mass is 32.1. The molecule has 4 rings (SSSR count). The van der Waals surface area contributed by atoms with Crippen molar-refractivity contribution in [3.05, 3.63) is 64.3 Å². The number of ether oxygens (including phenoxy) is 2. The molecule has 1 aliphatic rings. The summed E-state index contributed by atoms with van der Waals surface area (Å²) >= 11 is 1.49. The molecule has 9 heteroatoms. The van der Waals surface area contributed by atoms with E-state index in [-0.39, 0.29) is 11.9 Å². The molecular weight excluding hydrogens is 470 g/mol. The van der Waals surface area contributed by atoms with Crippen LogP contribution in [0.4, 0.5) is 14.5 Å². The second-order valence-corrected chi connectivity index (χ2v) is 8.94. The first kappa shape index (κ1) is 25.1. The van der Waals surface area contributed by atoms with Gasteiger partial charge in [-0.25, -0.2) is 4.68 Å². The third-order valence-corrected chi connectivity index (χ3v) is 6.71. The van der Waals surface area contributed by atoms with Crippen LogP contribution in [0.5, 0.6) is 5.75 Å². The molecule has 35 heavy (non-hydrogen) atoms. The van der Waals surface area contributed by atoms with E-state index in [0.717, 1.165) is 54.2 Å². The third-order valence-electron chi connectivity index (χ3n) is 5.86. The zero-order valence-electron chi connectivity index (χ0n) is 19.9. The molecule has 1 saturated heterocycles. The number of rotatable bonds is 10. The van der Waals surface area contributed by atoms with Crippen LogP contribution >= 0.6 is 11.3 Å². The lowest BCUT2D eigenvalue weighted by Gasteiger charge is -2.20. The molecule has 0 aliphatic carbocycles. The molecule has 0 bridgehead atoms. The summed E-state index contributed by atoms with van der Waals surface area (Å²) in [5.41, 5.74) is 3.79. The fraction of sp³-hybridized carbons (Fsp3) is 0.385. The van der Waals surface area contributed by atoms with E-state index in [1.165, 1.54) is 29.2 Å². The van der Waals surface area contributed by atoms with E-state index in [1.54, 1.807) is 16.8 Å². The smallest absolute Gasteiger partial charge is 0.387 e. The number of aromatic nitrogens is 1. The van der Waals surface area contributed by atoms with E-state index in [0.29, 0.717) is 6.54 Å². The SMILES string of the molecule is CCN(CC)c1ccc(C=Nn2c(-c3ccc(OC(F)F)cc3)csc2=NCC2CCCO2)cc1. The molecular formula is C26H30F2N4O2S. The van der Waals surface area contributed by atoms with Gasteiger partial charge in [0.15, 0.2) is 0 Å². The highest BCUT2D eigenvalue weighted by molar-refractivity contribution is 7.07. The lowest BCUT2D eigenvalue weighted by atomic mass is 10.2. The molecule has 1 atom stereocenters. The quantitative estimate of drug-likeness (QED) is 0.339. The maximum Gasteiger partial charge on any atom is 0.387 e. The van der Waals surface area contributed by atoms with Gasteiger partial charge in [0.2, 0.25) is 4.80 Å². The number of halogens is 2. The van der Waals surface area contributed by atoms with E-state index in [4.69, 9.17) is 14.8 Å². The monoisotopic (exact) mass is 500 g/mol. The molecule has 0 N–H and O–H groups in total. The number of alkyl halides is 2. The molecule has 2 heterocycles. The van der Waals surface area contributed by atoms with Gasteiger partial charge in [-0.05, 0) is 68.7 Å². The Morgan fingerprint density at radius 3 is 2.51 bits per heavy atom. The number of benzene rings is 2. The molecule has 0 radical (unpaired) electrons. The first-order chi connectivity index (χ1) is 17.1. The Bertz CT molecular complexity index is 1160. The van der Waals surface area contributed by atoms with Gasteiger partial charge in [-0.15, -0.1) is 11.3 Å². The summed E-state index contributed by atoms with van der Waals surface area (Å²) < 4.78 is 37.0. The van der Waals surface area contributed by atoms with Crippen molar-refractivity contribution in [2.24, 2.45) is 10.1 Å². The second-order valence-electron chi connectivity index (χ2n) is 8.10. The standard InChI is InChI=1S/C26H30F2N4O2S/c1-3-31(4-2)21-11-7-19(8-12-21)16-30-32-24(20-9-13-22(14-10-20)34-25(27)28)18-35-26(32)29-17-23-6-5-15-33-23/h7-14,16,18,23,25H,3-6,15,17H2,1-2H3. The number of anilines is 1. The van der Waals surface area contributed by atoms with Crippen LogP contribution in [0.25, 0.3) is 11.3 Å². The summed E-state index contributed by atoms with van der Waals surface area (Å²) in [6.07, 6.45) is 4.01. The highest BCUT2D eigenvalue weighted by Crippen LogP contribution is 2.24. The molecule has 186 valence electrons. The lowest BCUT2D eigenvalue weighted by Crippen LogP contribution is -2.21. The third kappa shape index (κ3) is 6.55. The predicted molar refractivity (Wildman–Crippen MR) is 137 cm³/mol. The predicted octanol–water partition coefficient (Wildman–Crippen LogP) is 5.63. The Morgan fingerprint density at radius 1 is 1.14 bits per heavy atom. The van der Waals surface area contributed by atoms with E-state index in [9.17, 15) is 8.78 Å². The lowest BCUT2D eigenvalue weighted by molar-refractivity contribution is -0.0498. The largest absolute Gasteiger partial charge is 0.435 e. The van der Waals surface area contributed by atoms with Crippen molar-refractivity contribution in [1.82, 2.24) is 4.68 Å². The first-order valence-corrected chi connectivity index (χ1v) is 12.7. The summed E-state index contributed by atoms with van der Waals surface area (Å²) in [5.74, 6) is 0.116. The fourth-order valence-electron chi connectivity index (χ4n) is 3.98. The van der Waals surface area contributed by atoms with Crippen LogP contribution in [0.15, 0.2) is 64.0 Å². The van der Waals surface area contributed by atoms with E-state index >= 15 is 0 Å². The summed E-state index contributed by atoms with van der Waals surface area (Å²) in [5, 5.41) is 6.72. The minimum absolute atomic E-state index is 0.116. The molecule has 1 unspecified atom stereocenters. The second kappa shape index (κ2) is 12.1. The number of hydrogen-bond donors (Lipinski definition) is 0. The van der Waals surface area contributed by atoms with Gasteiger partial charge in [0, 0.05) is 36.3 Å². The van der Waals surface area contributed by atoms with E-state index < -0.39 is 6.61 Å². The Kier molecular flexibility index (Phi) is 8.65. The minimum atomic E-state index is -2.85. The molecule has 2 aromatic carbocycles. The summed E-state index contributed by atoms with van der Waals surface area (Å²) in [6, 6.07) is 14.8. The molecule has 0 amide bonds. The number of nitrogens with zero attached hydrogens (tertiary/aromatic N) is 4. The number of hydrogen-bond acceptors (Lipinski definition) is 6. The van der Waals surface area contributed by atoms with Crippen LogP contribution in [0.1, 0.15) is 32.3 Å². The van der Waals surface area contributed by atoms with Gasteiger partial charge in [-0.2, -0.15) is 13.9 Å². The van der Waals surface area contributed by atoms with Gasteiger partial charge in [-0.3, -0.25) is 4.99 Å². The Labute approximate surface area is 208 Å². The maximum absolute atomic E-state index is 12.5. The molecule has 6 nitrogen and oxygen atoms in total. The van der Waals surface area contributed by atoms with Crippen LogP contribution in [0, 0.1) is 0 Å². The van der Waals surface area contributed by atoms with Crippen molar-refractivity contribution in [3.63, 3.8) is 0 Å². The Hall–Kier alpha value is -3.04.